The Morgan fingerprint density at radius 1 is 1.44 bits per heavy atom. The second kappa shape index (κ2) is 6.12. The Bertz CT molecular complexity index is 366. The van der Waals surface area contributed by atoms with E-state index in [9.17, 15) is 4.79 Å². The molecule has 0 fully saturated rings. The number of alkyl halides is 1. The average Bonchev–Trinajstić information content (AvgIpc) is 2.24. The van der Waals surface area contributed by atoms with Gasteiger partial charge < -0.3 is 4.90 Å². The van der Waals surface area contributed by atoms with E-state index in [0.717, 1.165) is 5.56 Å². The van der Waals surface area contributed by atoms with E-state index in [0.29, 0.717) is 11.6 Å². The summed E-state index contributed by atoms with van der Waals surface area (Å²) in [5.74, 6) is -0.0460. The van der Waals surface area contributed by atoms with Crippen LogP contribution in [0.5, 0.6) is 0 Å². The van der Waals surface area contributed by atoms with Gasteiger partial charge in [0.15, 0.2) is 0 Å². The summed E-state index contributed by atoms with van der Waals surface area (Å²) in [4.78, 5) is 13.3. The van der Waals surface area contributed by atoms with Crippen molar-refractivity contribution in [2.75, 3.05) is 5.88 Å². The van der Waals surface area contributed by atoms with E-state index < -0.39 is 0 Å². The number of nitrogens with zero attached hydrogens (tertiary/aromatic N) is 1. The van der Waals surface area contributed by atoms with E-state index in [4.69, 9.17) is 23.2 Å². The molecule has 0 aliphatic rings. The third-order valence-electron chi connectivity index (χ3n) is 2.30. The predicted molar refractivity (Wildman–Crippen MR) is 67.9 cm³/mol. The van der Waals surface area contributed by atoms with Gasteiger partial charge in [0.2, 0.25) is 5.91 Å². The lowest BCUT2D eigenvalue weighted by Crippen LogP contribution is -2.37. The van der Waals surface area contributed by atoms with E-state index in [-0.39, 0.29) is 17.8 Å². The van der Waals surface area contributed by atoms with Crippen molar-refractivity contribution >= 4 is 29.1 Å². The number of amides is 1. The van der Waals surface area contributed by atoms with Crippen molar-refractivity contribution in [1.82, 2.24) is 4.90 Å². The lowest BCUT2D eigenvalue weighted by atomic mass is 10.2. The maximum Gasteiger partial charge on any atom is 0.238 e. The largest absolute Gasteiger partial charge is 0.335 e. The number of hydrogen-bond donors (Lipinski definition) is 0. The molecule has 0 aliphatic carbocycles. The van der Waals surface area contributed by atoms with E-state index in [2.05, 4.69) is 0 Å². The molecule has 1 aromatic rings. The Morgan fingerprint density at radius 3 is 2.62 bits per heavy atom. The fourth-order valence-electron chi connectivity index (χ4n) is 1.47. The van der Waals surface area contributed by atoms with Crippen molar-refractivity contribution < 1.29 is 4.79 Å². The molecule has 0 bridgehead atoms. The quantitative estimate of drug-likeness (QED) is 0.760. The zero-order valence-corrected chi connectivity index (χ0v) is 10.9. The number of carbonyl (C=O) groups is 1. The summed E-state index contributed by atoms with van der Waals surface area (Å²) in [6.45, 7) is 4.48. The molecule has 2 nitrogen and oxygen atoms in total. The van der Waals surface area contributed by atoms with Crippen LogP contribution in [-0.4, -0.2) is 22.7 Å². The Balaban J connectivity index is 2.79. The SMILES string of the molecule is CC(C)N(Cc1cccc(Cl)c1)C(=O)CCl. The Morgan fingerprint density at radius 2 is 2.12 bits per heavy atom. The minimum atomic E-state index is -0.0587. The van der Waals surface area contributed by atoms with Gasteiger partial charge in [-0.2, -0.15) is 0 Å². The van der Waals surface area contributed by atoms with Gasteiger partial charge in [-0.25, -0.2) is 0 Å². The molecule has 0 atom stereocenters. The number of rotatable bonds is 4. The standard InChI is InChI=1S/C12H15Cl2NO/c1-9(2)15(12(16)7-13)8-10-4-3-5-11(14)6-10/h3-6,9H,7-8H2,1-2H3. The van der Waals surface area contributed by atoms with Gasteiger partial charge in [0.25, 0.3) is 0 Å². The van der Waals surface area contributed by atoms with Gasteiger partial charge in [-0.3, -0.25) is 4.79 Å². The molecule has 0 radical (unpaired) electrons. The fraction of sp³-hybridized carbons (Fsp3) is 0.417. The fourth-order valence-corrected chi connectivity index (χ4v) is 1.83. The second-order valence-corrected chi connectivity index (χ2v) is 4.58. The van der Waals surface area contributed by atoms with Crippen LogP contribution < -0.4 is 0 Å². The number of benzene rings is 1. The van der Waals surface area contributed by atoms with E-state index >= 15 is 0 Å². The summed E-state index contributed by atoms with van der Waals surface area (Å²) in [5.41, 5.74) is 1.01. The molecule has 0 aliphatic heterocycles. The van der Waals surface area contributed by atoms with Crippen molar-refractivity contribution in [2.24, 2.45) is 0 Å². The van der Waals surface area contributed by atoms with Crippen molar-refractivity contribution in [3.05, 3.63) is 34.9 Å². The van der Waals surface area contributed by atoms with E-state index in [1.807, 2.05) is 38.1 Å². The molecule has 88 valence electrons. The molecule has 1 amide bonds. The van der Waals surface area contributed by atoms with Crippen LogP contribution in [0.3, 0.4) is 0 Å². The van der Waals surface area contributed by atoms with Gasteiger partial charge in [-0.15, -0.1) is 11.6 Å². The molecule has 1 aromatic carbocycles. The number of halogens is 2. The number of hydrogen-bond acceptors (Lipinski definition) is 1. The first-order valence-corrected chi connectivity index (χ1v) is 6.05. The molecule has 0 aromatic heterocycles. The molecule has 0 saturated carbocycles. The van der Waals surface area contributed by atoms with E-state index in [1.54, 1.807) is 4.90 Å². The van der Waals surface area contributed by atoms with Gasteiger partial charge in [-0.05, 0) is 31.5 Å². The second-order valence-electron chi connectivity index (χ2n) is 3.88. The van der Waals surface area contributed by atoms with Crippen molar-refractivity contribution in [1.29, 1.82) is 0 Å². The molecule has 0 unspecified atom stereocenters. The Labute approximate surface area is 106 Å². The normalized spacial score (nSPS) is 10.6. The highest BCUT2D eigenvalue weighted by atomic mass is 35.5. The zero-order valence-electron chi connectivity index (χ0n) is 9.41. The minimum Gasteiger partial charge on any atom is -0.335 e. The summed E-state index contributed by atoms with van der Waals surface area (Å²) >= 11 is 11.5. The molecular formula is C12H15Cl2NO. The van der Waals surface area contributed by atoms with Gasteiger partial charge in [0, 0.05) is 17.6 Å². The van der Waals surface area contributed by atoms with Crippen LogP contribution in [0.1, 0.15) is 19.4 Å². The van der Waals surface area contributed by atoms with Crippen molar-refractivity contribution in [2.45, 2.75) is 26.4 Å². The van der Waals surface area contributed by atoms with Crippen LogP contribution in [0.2, 0.25) is 5.02 Å². The van der Waals surface area contributed by atoms with Gasteiger partial charge in [0.05, 0.1) is 0 Å². The Hall–Kier alpha value is -0.730. The smallest absolute Gasteiger partial charge is 0.238 e. The van der Waals surface area contributed by atoms with E-state index in [1.165, 1.54) is 0 Å². The molecule has 4 heteroatoms. The summed E-state index contributed by atoms with van der Waals surface area (Å²) in [6.07, 6.45) is 0. The molecule has 1 rings (SSSR count). The van der Waals surface area contributed by atoms with Crippen LogP contribution in [0, 0.1) is 0 Å². The monoisotopic (exact) mass is 259 g/mol. The first-order chi connectivity index (χ1) is 7.54. The van der Waals surface area contributed by atoms with Gasteiger partial charge in [0.1, 0.15) is 5.88 Å². The summed E-state index contributed by atoms with van der Waals surface area (Å²) in [7, 11) is 0. The highest BCUT2D eigenvalue weighted by Crippen LogP contribution is 2.14. The maximum atomic E-state index is 11.6. The van der Waals surface area contributed by atoms with Crippen LogP contribution in [0.15, 0.2) is 24.3 Å². The summed E-state index contributed by atoms with van der Waals surface area (Å²) in [6, 6.07) is 7.63. The molecule has 16 heavy (non-hydrogen) atoms. The predicted octanol–water partition coefficient (Wildman–Crippen LogP) is 3.32. The molecule has 0 N–H and O–H groups in total. The van der Waals surface area contributed by atoms with Crippen LogP contribution in [0.25, 0.3) is 0 Å². The minimum absolute atomic E-state index is 0.0126. The van der Waals surface area contributed by atoms with Crippen LogP contribution in [-0.2, 0) is 11.3 Å². The molecule has 0 heterocycles. The third kappa shape index (κ3) is 3.69. The van der Waals surface area contributed by atoms with Crippen molar-refractivity contribution in [3.63, 3.8) is 0 Å². The topological polar surface area (TPSA) is 20.3 Å². The van der Waals surface area contributed by atoms with Gasteiger partial charge >= 0.3 is 0 Å². The average molecular weight is 260 g/mol. The number of carbonyl (C=O) groups excluding carboxylic acids is 1. The van der Waals surface area contributed by atoms with Crippen molar-refractivity contribution in [3.8, 4) is 0 Å². The Kier molecular flexibility index (Phi) is 5.10. The maximum absolute atomic E-state index is 11.6. The lowest BCUT2D eigenvalue weighted by molar-refractivity contribution is -0.130. The third-order valence-corrected chi connectivity index (χ3v) is 2.76. The summed E-state index contributed by atoms with van der Waals surface area (Å²) in [5, 5.41) is 0.680. The first-order valence-electron chi connectivity index (χ1n) is 5.14. The van der Waals surface area contributed by atoms with Gasteiger partial charge in [-0.1, -0.05) is 23.7 Å². The summed E-state index contributed by atoms with van der Waals surface area (Å²) < 4.78 is 0. The molecule has 0 saturated heterocycles. The van der Waals surface area contributed by atoms with Crippen LogP contribution in [0.4, 0.5) is 0 Å². The molecular weight excluding hydrogens is 245 g/mol. The zero-order chi connectivity index (χ0) is 12.1. The molecule has 0 spiro atoms. The first kappa shape index (κ1) is 13.3. The lowest BCUT2D eigenvalue weighted by Gasteiger charge is -2.26. The highest BCUT2D eigenvalue weighted by Gasteiger charge is 2.15. The van der Waals surface area contributed by atoms with Crippen LogP contribution >= 0.6 is 23.2 Å². The highest BCUT2D eigenvalue weighted by molar-refractivity contribution is 6.30.